The largest absolute Gasteiger partial charge is 0.467 e. The second kappa shape index (κ2) is 8.89. The van der Waals surface area contributed by atoms with Crippen LogP contribution in [0.2, 0.25) is 0 Å². The summed E-state index contributed by atoms with van der Waals surface area (Å²) in [6.07, 6.45) is -3.45. The SMILES string of the molecule is Cc1ccccc1Cn1nc(C)c(NC(=O)c2cc3n(n2)[C@@H](C(F)(F)F)C[C@@H](c2ccco2)N3)c1C. The molecular weight excluding hydrogens is 473 g/mol. The second-order valence-electron chi connectivity index (χ2n) is 8.95. The quantitative estimate of drug-likeness (QED) is 0.376. The average molecular weight is 499 g/mol. The summed E-state index contributed by atoms with van der Waals surface area (Å²) < 4.78 is 49.6. The van der Waals surface area contributed by atoms with Gasteiger partial charge < -0.3 is 15.1 Å². The van der Waals surface area contributed by atoms with Crippen molar-refractivity contribution >= 4 is 17.4 Å². The predicted molar refractivity (Wildman–Crippen MR) is 127 cm³/mol. The second-order valence-corrected chi connectivity index (χ2v) is 8.95. The van der Waals surface area contributed by atoms with Crippen molar-refractivity contribution in [2.24, 2.45) is 0 Å². The lowest BCUT2D eigenvalue weighted by molar-refractivity contribution is -0.174. The Bertz CT molecular complexity index is 1400. The van der Waals surface area contributed by atoms with Crippen molar-refractivity contribution in [1.29, 1.82) is 0 Å². The van der Waals surface area contributed by atoms with Crippen LogP contribution >= 0.6 is 0 Å². The Labute approximate surface area is 205 Å². The van der Waals surface area contributed by atoms with E-state index in [9.17, 15) is 18.0 Å². The average Bonchev–Trinajstić information content (AvgIpc) is 3.56. The van der Waals surface area contributed by atoms with Gasteiger partial charge in [-0.2, -0.15) is 23.4 Å². The normalized spacial score (nSPS) is 17.5. The maximum Gasteiger partial charge on any atom is 0.410 e. The van der Waals surface area contributed by atoms with Gasteiger partial charge in [0.1, 0.15) is 11.6 Å². The third-order valence-corrected chi connectivity index (χ3v) is 6.51. The minimum absolute atomic E-state index is 0.0961. The third kappa shape index (κ3) is 4.36. The van der Waals surface area contributed by atoms with Crippen LogP contribution in [0.25, 0.3) is 0 Å². The number of carbonyl (C=O) groups is 1. The number of furan rings is 1. The number of carbonyl (C=O) groups excluding carboxylic acids is 1. The van der Waals surface area contributed by atoms with Crippen molar-refractivity contribution in [3.05, 3.63) is 82.7 Å². The first-order valence-corrected chi connectivity index (χ1v) is 11.5. The smallest absolute Gasteiger partial charge is 0.410 e. The van der Waals surface area contributed by atoms with E-state index >= 15 is 0 Å². The number of halogens is 3. The number of hydrogen-bond acceptors (Lipinski definition) is 5. The lowest BCUT2D eigenvalue weighted by Crippen LogP contribution is -2.35. The van der Waals surface area contributed by atoms with Crippen LogP contribution in [-0.4, -0.2) is 31.6 Å². The highest BCUT2D eigenvalue weighted by atomic mass is 19.4. The lowest BCUT2D eigenvalue weighted by Gasteiger charge is -2.32. The van der Waals surface area contributed by atoms with E-state index in [-0.39, 0.29) is 17.9 Å². The first kappa shape index (κ1) is 23.7. The highest BCUT2D eigenvalue weighted by molar-refractivity contribution is 6.04. The van der Waals surface area contributed by atoms with E-state index in [4.69, 9.17) is 4.42 Å². The number of nitrogens with one attached hydrogen (secondary N) is 2. The summed E-state index contributed by atoms with van der Waals surface area (Å²) in [6, 6.07) is 9.91. The molecule has 2 atom stereocenters. The van der Waals surface area contributed by atoms with Crippen LogP contribution in [0.4, 0.5) is 24.7 Å². The number of aromatic nitrogens is 4. The fraction of sp³-hybridized carbons (Fsp3) is 0.320. The highest BCUT2D eigenvalue weighted by Crippen LogP contribution is 2.43. The van der Waals surface area contributed by atoms with E-state index in [1.165, 1.54) is 12.3 Å². The van der Waals surface area contributed by atoms with Gasteiger partial charge in [-0.25, -0.2) is 4.68 Å². The monoisotopic (exact) mass is 498 g/mol. The molecule has 5 rings (SSSR count). The summed E-state index contributed by atoms with van der Waals surface area (Å²) in [7, 11) is 0. The zero-order valence-electron chi connectivity index (χ0n) is 19.9. The molecular formula is C25H25F3N6O2. The van der Waals surface area contributed by atoms with Crippen LogP contribution in [0.5, 0.6) is 0 Å². The van der Waals surface area contributed by atoms with Crippen molar-refractivity contribution in [3.63, 3.8) is 0 Å². The van der Waals surface area contributed by atoms with Crippen LogP contribution in [0.15, 0.2) is 53.1 Å². The summed E-state index contributed by atoms with van der Waals surface area (Å²) in [6.45, 7) is 6.15. The van der Waals surface area contributed by atoms with Gasteiger partial charge >= 0.3 is 6.18 Å². The Hall–Kier alpha value is -4.02. The van der Waals surface area contributed by atoms with E-state index in [1.807, 2.05) is 38.1 Å². The summed E-state index contributed by atoms with van der Waals surface area (Å²) in [4.78, 5) is 13.1. The summed E-state index contributed by atoms with van der Waals surface area (Å²) in [5.41, 5.74) is 3.93. The number of rotatable bonds is 5. The fourth-order valence-electron chi connectivity index (χ4n) is 4.52. The summed E-state index contributed by atoms with van der Waals surface area (Å²) >= 11 is 0. The first-order chi connectivity index (χ1) is 17.1. The molecule has 4 aromatic rings. The van der Waals surface area contributed by atoms with Gasteiger partial charge in [0.25, 0.3) is 5.91 Å². The standard InChI is InChI=1S/C25H25F3N6O2/c1-14-7-4-5-8-17(14)13-33-16(3)23(15(2)31-33)30-24(35)19-12-22-29-18(20-9-6-10-36-20)11-21(25(26,27)28)34(22)32-19/h4-10,12,18,21,29H,11,13H2,1-3H3,(H,30,35)/t18-,21+/m0/s1. The number of hydrogen-bond donors (Lipinski definition) is 2. The van der Waals surface area contributed by atoms with Crippen molar-refractivity contribution in [2.75, 3.05) is 10.6 Å². The molecule has 3 aromatic heterocycles. The molecule has 1 aliphatic rings. The highest BCUT2D eigenvalue weighted by Gasteiger charge is 2.47. The Morgan fingerprint density at radius 3 is 2.64 bits per heavy atom. The lowest BCUT2D eigenvalue weighted by atomic mass is 10.0. The molecule has 11 heteroatoms. The molecule has 0 saturated carbocycles. The number of anilines is 2. The van der Waals surface area contributed by atoms with E-state index in [2.05, 4.69) is 20.8 Å². The van der Waals surface area contributed by atoms with E-state index in [0.29, 0.717) is 23.7 Å². The molecule has 1 amide bonds. The number of aryl methyl sites for hydroxylation is 2. The van der Waals surface area contributed by atoms with Crippen LogP contribution in [0.3, 0.4) is 0 Å². The topological polar surface area (TPSA) is 89.9 Å². The van der Waals surface area contributed by atoms with Crippen molar-refractivity contribution in [3.8, 4) is 0 Å². The molecule has 0 saturated heterocycles. The molecule has 0 radical (unpaired) electrons. The Morgan fingerprint density at radius 1 is 1.17 bits per heavy atom. The number of nitrogens with zero attached hydrogens (tertiary/aromatic N) is 4. The van der Waals surface area contributed by atoms with Crippen molar-refractivity contribution in [2.45, 2.75) is 52.0 Å². The van der Waals surface area contributed by atoms with E-state index in [0.717, 1.165) is 21.5 Å². The molecule has 0 aliphatic carbocycles. The Morgan fingerprint density at radius 2 is 1.94 bits per heavy atom. The van der Waals surface area contributed by atoms with Crippen LogP contribution < -0.4 is 10.6 Å². The minimum atomic E-state index is -4.55. The number of benzene rings is 1. The van der Waals surface area contributed by atoms with Gasteiger partial charge in [0.2, 0.25) is 0 Å². The summed E-state index contributed by atoms with van der Waals surface area (Å²) in [5, 5.41) is 14.4. The molecule has 2 N–H and O–H groups in total. The molecule has 0 fully saturated rings. The van der Waals surface area contributed by atoms with Crippen LogP contribution in [0, 0.1) is 20.8 Å². The van der Waals surface area contributed by atoms with Crippen LogP contribution in [0.1, 0.15) is 57.3 Å². The van der Waals surface area contributed by atoms with Gasteiger partial charge in [-0.15, -0.1) is 0 Å². The van der Waals surface area contributed by atoms with Gasteiger partial charge in [-0.1, -0.05) is 24.3 Å². The van der Waals surface area contributed by atoms with Crippen molar-refractivity contribution < 1.29 is 22.4 Å². The minimum Gasteiger partial charge on any atom is -0.467 e. The molecule has 0 spiro atoms. The molecule has 4 heterocycles. The van der Waals surface area contributed by atoms with Gasteiger partial charge in [0.15, 0.2) is 11.7 Å². The van der Waals surface area contributed by atoms with Crippen molar-refractivity contribution in [1.82, 2.24) is 19.6 Å². The van der Waals surface area contributed by atoms with Gasteiger partial charge in [-0.3, -0.25) is 9.48 Å². The van der Waals surface area contributed by atoms with E-state index in [1.54, 1.807) is 23.7 Å². The zero-order chi connectivity index (χ0) is 25.6. The van der Waals surface area contributed by atoms with Gasteiger partial charge in [0.05, 0.1) is 35.9 Å². The molecule has 0 unspecified atom stereocenters. The Kier molecular flexibility index (Phi) is 5.85. The molecule has 1 aliphatic heterocycles. The molecule has 8 nitrogen and oxygen atoms in total. The number of fused-ring (bicyclic) bond motifs is 1. The molecule has 36 heavy (non-hydrogen) atoms. The Balaban J connectivity index is 1.40. The van der Waals surface area contributed by atoms with Gasteiger partial charge in [-0.05, 0) is 44.0 Å². The zero-order valence-corrected chi connectivity index (χ0v) is 19.9. The number of alkyl halides is 3. The third-order valence-electron chi connectivity index (χ3n) is 6.51. The fourth-order valence-corrected chi connectivity index (χ4v) is 4.52. The summed E-state index contributed by atoms with van der Waals surface area (Å²) in [5.74, 6) is -0.135. The first-order valence-electron chi connectivity index (χ1n) is 11.5. The van der Waals surface area contributed by atoms with Gasteiger partial charge in [0, 0.05) is 12.5 Å². The maximum atomic E-state index is 13.9. The maximum absolute atomic E-state index is 13.9. The molecule has 1 aromatic carbocycles. The predicted octanol–water partition coefficient (Wildman–Crippen LogP) is 5.56. The molecule has 0 bridgehead atoms. The van der Waals surface area contributed by atoms with E-state index < -0.39 is 24.2 Å². The molecule has 188 valence electrons. The van der Waals surface area contributed by atoms with Crippen LogP contribution in [-0.2, 0) is 6.54 Å². The number of amides is 1.